The van der Waals surface area contributed by atoms with Gasteiger partial charge in [0.2, 0.25) is 0 Å². The zero-order valence-electron chi connectivity index (χ0n) is 15.1. The van der Waals surface area contributed by atoms with Gasteiger partial charge < -0.3 is 4.74 Å². The molecule has 0 aliphatic heterocycles. The van der Waals surface area contributed by atoms with Crippen molar-refractivity contribution in [2.24, 2.45) is 5.10 Å². The minimum atomic E-state index is -0.357. The number of carbonyl (C=O) groups excluding carboxylic acids is 1. The molecule has 3 rings (SSSR count). The summed E-state index contributed by atoms with van der Waals surface area (Å²) in [5.74, 6) is 0.734. The third-order valence-corrected chi connectivity index (χ3v) is 4.32. The van der Waals surface area contributed by atoms with E-state index in [9.17, 15) is 4.79 Å². The number of fused-ring (bicyclic) bond motifs is 1. The van der Waals surface area contributed by atoms with Crippen LogP contribution in [0.2, 0.25) is 5.15 Å². The van der Waals surface area contributed by atoms with Crippen molar-refractivity contribution in [3.8, 4) is 5.75 Å². The van der Waals surface area contributed by atoms with Gasteiger partial charge in [0.05, 0.1) is 11.7 Å². The molecule has 1 aromatic heterocycles. The normalized spacial score (nSPS) is 11.3. The summed E-state index contributed by atoms with van der Waals surface area (Å²) in [7, 11) is 0. The lowest BCUT2D eigenvalue weighted by Crippen LogP contribution is -2.24. The lowest BCUT2D eigenvalue weighted by molar-refractivity contribution is -0.123. The summed E-state index contributed by atoms with van der Waals surface area (Å²) in [6.45, 7) is 4.12. The number of hydrazone groups is 1. The number of nitrogens with one attached hydrogen (secondary N) is 1. The number of para-hydroxylation sites is 1. The van der Waals surface area contributed by atoms with Gasteiger partial charge in [0.1, 0.15) is 10.9 Å². The Morgan fingerprint density at radius 2 is 1.96 bits per heavy atom. The number of hydrogen-bond donors (Lipinski definition) is 1. The van der Waals surface area contributed by atoms with Crippen LogP contribution < -0.4 is 10.2 Å². The standard InChI is InChI=1S/C21H20ClN3O2/c1-14(2)15-7-9-18(10-8-15)27-13-20(26)25-23-12-17-11-16-5-3-4-6-19(16)24-21(17)22/h3-12,14H,13H2,1-2H3,(H,25,26)/b23-12+. The number of benzene rings is 2. The van der Waals surface area contributed by atoms with E-state index in [4.69, 9.17) is 16.3 Å². The molecule has 138 valence electrons. The maximum Gasteiger partial charge on any atom is 0.277 e. The Kier molecular flexibility index (Phi) is 6.04. The third-order valence-electron chi connectivity index (χ3n) is 4.01. The van der Waals surface area contributed by atoms with E-state index in [0.717, 1.165) is 10.9 Å². The molecule has 27 heavy (non-hydrogen) atoms. The molecule has 0 aliphatic carbocycles. The fraction of sp³-hybridized carbons (Fsp3) is 0.190. The number of ether oxygens (including phenoxy) is 1. The molecule has 6 heteroatoms. The molecule has 1 amide bonds. The van der Waals surface area contributed by atoms with Gasteiger partial charge in [-0.05, 0) is 35.7 Å². The second-order valence-electron chi connectivity index (χ2n) is 6.37. The first-order chi connectivity index (χ1) is 13.0. The topological polar surface area (TPSA) is 63.6 Å². The van der Waals surface area contributed by atoms with E-state index < -0.39 is 0 Å². The number of halogens is 1. The van der Waals surface area contributed by atoms with Crippen LogP contribution in [0.4, 0.5) is 0 Å². The van der Waals surface area contributed by atoms with Crippen LogP contribution in [0.5, 0.6) is 5.75 Å². The summed E-state index contributed by atoms with van der Waals surface area (Å²) in [6.07, 6.45) is 1.47. The largest absolute Gasteiger partial charge is 0.484 e. The summed E-state index contributed by atoms with van der Waals surface area (Å²) in [6, 6.07) is 17.2. The molecule has 0 saturated heterocycles. The van der Waals surface area contributed by atoms with Gasteiger partial charge in [-0.15, -0.1) is 0 Å². The summed E-state index contributed by atoms with van der Waals surface area (Å²) in [4.78, 5) is 16.2. The number of nitrogens with zero attached hydrogens (tertiary/aromatic N) is 2. The second kappa shape index (κ2) is 8.64. The number of pyridine rings is 1. The molecule has 0 radical (unpaired) electrons. The van der Waals surface area contributed by atoms with Crippen LogP contribution in [0.25, 0.3) is 10.9 Å². The molecule has 2 aromatic carbocycles. The number of rotatable bonds is 6. The predicted molar refractivity (Wildman–Crippen MR) is 109 cm³/mol. The fourth-order valence-corrected chi connectivity index (χ4v) is 2.70. The summed E-state index contributed by atoms with van der Waals surface area (Å²) < 4.78 is 5.46. The third kappa shape index (κ3) is 5.05. The van der Waals surface area contributed by atoms with Crippen molar-refractivity contribution < 1.29 is 9.53 Å². The van der Waals surface area contributed by atoms with Crippen molar-refractivity contribution in [2.75, 3.05) is 6.61 Å². The van der Waals surface area contributed by atoms with Crippen LogP contribution in [0.15, 0.2) is 59.7 Å². The van der Waals surface area contributed by atoms with Crippen molar-refractivity contribution in [1.82, 2.24) is 10.4 Å². The van der Waals surface area contributed by atoms with Gasteiger partial charge in [0.15, 0.2) is 6.61 Å². The molecular formula is C21H20ClN3O2. The monoisotopic (exact) mass is 381 g/mol. The highest BCUT2D eigenvalue weighted by atomic mass is 35.5. The lowest BCUT2D eigenvalue weighted by atomic mass is 10.0. The van der Waals surface area contributed by atoms with Gasteiger partial charge in [0.25, 0.3) is 5.91 Å². The molecule has 1 N–H and O–H groups in total. The van der Waals surface area contributed by atoms with Crippen LogP contribution in [-0.4, -0.2) is 23.7 Å². The lowest BCUT2D eigenvalue weighted by Gasteiger charge is -2.08. The Morgan fingerprint density at radius 1 is 1.22 bits per heavy atom. The van der Waals surface area contributed by atoms with Crippen LogP contribution >= 0.6 is 11.6 Å². The maximum atomic E-state index is 11.9. The summed E-state index contributed by atoms with van der Waals surface area (Å²) >= 11 is 6.15. The highest BCUT2D eigenvalue weighted by Gasteiger charge is 2.05. The van der Waals surface area contributed by atoms with E-state index in [1.807, 2.05) is 54.6 Å². The predicted octanol–water partition coefficient (Wildman–Crippen LogP) is 4.54. The van der Waals surface area contributed by atoms with Crippen molar-refractivity contribution in [3.63, 3.8) is 0 Å². The number of carbonyl (C=O) groups is 1. The molecule has 0 fully saturated rings. The Hall–Kier alpha value is -2.92. The molecule has 5 nitrogen and oxygen atoms in total. The van der Waals surface area contributed by atoms with E-state index in [2.05, 4.69) is 29.4 Å². The molecule has 0 bridgehead atoms. The minimum Gasteiger partial charge on any atom is -0.484 e. The van der Waals surface area contributed by atoms with Crippen LogP contribution in [0.3, 0.4) is 0 Å². The first-order valence-electron chi connectivity index (χ1n) is 8.63. The van der Waals surface area contributed by atoms with Crippen molar-refractivity contribution in [1.29, 1.82) is 0 Å². The van der Waals surface area contributed by atoms with Gasteiger partial charge >= 0.3 is 0 Å². The van der Waals surface area contributed by atoms with E-state index in [1.54, 1.807) is 0 Å². The highest BCUT2D eigenvalue weighted by molar-refractivity contribution is 6.32. The minimum absolute atomic E-state index is 0.123. The van der Waals surface area contributed by atoms with Gasteiger partial charge in [-0.3, -0.25) is 4.79 Å². The first-order valence-corrected chi connectivity index (χ1v) is 9.00. The zero-order valence-corrected chi connectivity index (χ0v) is 15.9. The Labute approximate surface area is 163 Å². The summed E-state index contributed by atoms with van der Waals surface area (Å²) in [5.41, 5.74) is 5.08. The number of aromatic nitrogens is 1. The molecular weight excluding hydrogens is 362 g/mol. The zero-order chi connectivity index (χ0) is 19.2. The average Bonchev–Trinajstić information content (AvgIpc) is 2.67. The fourth-order valence-electron chi connectivity index (χ4n) is 2.50. The van der Waals surface area contributed by atoms with Crippen molar-refractivity contribution in [2.45, 2.75) is 19.8 Å². The van der Waals surface area contributed by atoms with E-state index >= 15 is 0 Å². The Morgan fingerprint density at radius 3 is 2.70 bits per heavy atom. The van der Waals surface area contributed by atoms with Crippen molar-refractivity contribution in [3.05, 3.63) is 70.9 Å². The van der Waals surface area contributed by atoms with Gasteiger partial charge in [-0.1, -0.05) is 55.8 Å². The van der Waals surface area contributed by atoms with Crippen LogP contribution in [0, 0.1) is 0 Å². The van der Waals surface area contributed by atoms with E-state index in [0.29, 0.717) is 22.4 Å². The Bertz CT molecular complexity index is 969. The first kappa shape index (κ1) is 18.9. The molecule has 1 heterocycles. The number of hydrogen-bond acceptors (Lipinski definition) is 4. The number of amides is 1. The van der Waals surface area contributed by atoms with Gasteiger partial charge in [-0.2, -0.15) is 5.10 Å². The second-order valence-corrected chi connectivity index (χ2v) is 6.72. The van der Waals surface area contributed by atoms with E-state index in [-0.39, 0.29) is 12.5 Å². The summed E-state index contributed by atoms with van der Waals surface area (Å²) in [5, 5.41) is 5.20. The highest BCUT2D eigenvalue weighted by Crippen LogP contribution is 2.19. The van der Waals surface area contributed by atoms with Gasteiger partial charge in [0, 0.05) is 10.9 Å². The molecule has 0 unspecified atom stereocenters. The Balaban J connectivity index is 1.55. The molecule has 3 aromatic rings. The quantitative estimate of drug-likeness (QED) is 0.387. The van der Waals surface area contributed by atoms with Crippen LogP contribution in [-0.2, 0) is 4.79 Å². The maximum absolute atomic E-state index is 11.9. The smallest absolute Gasteiger partial charge is 0.277 e. The van der Waals surface area contributed by atoms with Gasteiger partial charge in [-0.25, -0.2) is 10.4 Å². The SMILES string of the molecule is CC(C)c1ccc(OCC(=O)N/N=C/c2cc3ccccc3nc2Cl)cc1. The molecule has 0 spiro atoms. The molecule has 0 atom stereocenters. The molecule has 0 aliphatic rings. The van der Waals surface area contributed by atoms with Crippen LogP contribution in [0.1, 0.15) is 30.9 Å². The van der Waals surface area contributed by atoms with Crippen molar-refractivity contribution >= 4 is 34.6 Å². The van der Waals surface area contributed by atoms with E-state index in [1.165, 1.54) is 11.8 Å². The average molecular weight is 382 g/mol. The molecule has 0 saturated carbocycles.